The first kappa shape index (κ1) is 17.6. The molecule has 0 aliphatic carbocycles. The zero-order chi connectivity index (χ0) is 19.0. The average molecular weight is 379 g/mol. The number of fused-ring (bicyclic) bond motifs is 2. The quantitative estimate of drug-likeness (QED) is 0.420. The van der Waals surface area contributed by atoms with E-state index in [4.69, 9.17) is 0 Å². The molecule has 1 aromatic carbocycles. The Balaban J connectivity index is 1.84. The van der Waals surface area contributed by atoms with Crippen LogP contribution in [0.5, 0.6) is 5.88 Å². The van der Waals surface area contributed by atoms with Crippen molar-refractivity contribution in [2.24, 2.45) is 10.2 Å². The highest BCUT2D eigenvalue weighted by molar-refractivity contribution is 7.18. The number of aromatic nitrogens is 3. The fraction of sp³-hybridized carbons (Fsp3) is 0.300. The predicted molar refractivity (Wildman–Crippen MR) is 110 cm³/mol. The zero-order valence-corrected chi connectivity index (χ0v) is 16.4. The smallest absolute Gasteiger partial charge is 0.220 e. The Labute approximate surface area is 161 Å². The van der Waals surface area contributed by atoms with Gasteiger partial charge in [0.05, 0.1) is 10.9 Å². The summed E-state index contributed by atoms with van der Waals surface area (Å²) < 4.78 is 1.91. The molecule has 3 heterocycles. The summed E-state index contributed by atoms with van der Waals surface area (Å²) in [6.07, 6.45) is 3.55. The van der Waals surface area contributed by atoms with E-state index in [0.717, 1.165) is 46.1 Å². The van der Waals surface area contributed by atoms with E-state index in [2.05, 4.69) is 34.0 Å². The van der Waals surface area contributed by atoms with Crippen LogP contribution in [-0.4, -0.2) is 19.6 Å². The summed E-state index contributed by atoms with van der Waals surface area (Å²) in [6.45, 7) is 6.99. The molecular formula is C20H21N5OS. The van der Waals surface area contributed by atoms with Gasteiger partial charge in [0.25, 0.3) is 0 Å². The van der Waals surface area contributed by atoms with Gasteiger partial charge in [-0.15, -0.1) is 21.6 Å². The summed E-state index contributed by atoms with van der Waals surface area (Å²) >= 11 is 1.63. The number of para-hydroxylation sites is 1. The molecule has 0 fully saturated rings. The van der Waals surface area contributed by atoms with E-state index in [9.17, 15) is 5.11 Å². The summed E-state index contributed by atoms with van der Waals surface area (Å²) in [4.78, 5) is 10.7. The molecule has 4 aromatic rings. The van der Waals surface area contributed by atoms with Gasteiger partial charge in [-0.05, 0) is 31.9 Å². The minimum Gasteiger partial charge on any atom is -0.493 e. The lowest BCUT2D eigenvalue weighted by molar-refractivity contribution is 0.418. The van der Waals surface area contributed by atoms with E-state index in [1.807, 2.05) is 35.8 Å². The number of nitrogens with zero attached hydrogens (tertiary/aromatic N) is 5. The zero-order valence-electron chi connectivity index (χ0n) is 15.6. The minimum atomic E-state index is 0.150. The lowest BCUT2D eigenvalue weighted by Crippen LogP contribution is -1.96. The normalized spacial score (nSPS) is 12.0. The molecule has 0 unspecified atom stereocenters. The summed E-state index contributed by atoms with van der Waals surface area (Å²) in [5.41, 5.74) is 2.57. The van der Waals surface area contributed by atoms with Crippen LogP contribution < -0.4 is 0 Å². The van der Waals surface area contributed by atoms with Crippen LogP contribution in [0.3, 0.4) is 0 Å². The number of aromatic hydroxyl groups is 1. The van der Waals surface area contributed by atoms with Crippen molar-refractivity contribution in [3.8, 4) is 5.88 Å². The fourth-order valence-corrected chi connectivity index (χ4v) is 4.24. The molecule has 1 N–H and O–H groups in total. The molecule has 0 aliphatic rings. The highest BCUT2D eigenvalue weighted by atomic mass is 32.1. The topological polar surface area (TPSA) is 75.7 Å². The van der Waals surface area contributed by atoms with E-state index < -0.39 is 0 Å². The number of aryl methyl sites for hydroxylation is 3. The Kier molecular flexibility index (Phi) is 4.61. The van der Waals surface area contributed by atoms with Gasteiger partial charge in [-0.1, -0.05) is 31.5 Å². The molecule has 27 heavy (non-hydrogen) atoms. The lowest BCUT2D eigenvalue weighted by atomic mass is 10.2. The molecule has 0 radical (unpaired) electrons. The molecule has 6 nitrogen and oxygen atoms in total. The molecule has 0 bridgehead atoms. The second-order valence-corrected chi connectivity index (χ2v) is 7.76. The second kappa shape index (κ2) is 7.08. The second-order valence-electron chi connectivity index (χ2n) is 6.56. The number of benzene rings is 1. The summed E-state index contributed by atoms with van der Waals surface area (Å²) in [5.74, 6) is 0.684. The Morgan fingerprint density at radius 2 is 1.96 bits per heavy atom. The molecule has 0 atom stereocenters. The first-order valence-electron chi connectivity index (χ1n) is 9.04. The summed E-state index contributed by atoms with van der Waals surface area (Å²) in [6, 6.07) is 7.87. The van der Waals surface area contributed by atoms with Crippen molar-refractivity contribution in [1.29, 1.82) is 0 Å². The van der Waals surface area contributed by atoms with Gasteiger partial charge < -0.3 is 9.67 Å². The molecule has 138 valence electrons. The van der Waals surface area contributed by atoms with Gasteiger partial charge in [-0.2, -0.15) is 0 Å². The first-order chi connectivity index (χ1) is 13.1. The highest BCUT2D eigenvalue weighted by Crippen LogP contribution is 2.40. The van der Waals surface area contributed by atoms with Crippen LogP contribution in [0.2, 0.25) is 0 Å². The maximum atomic E-state index is 10.8. The van der Waals surface area contributed by atoms with Crippen LogP contribution in [-0.2, 0) is 6.54 Å². The Morgan fingerprint density at radius 3 is 2.78 bits per heavy atom. The van der Waals surface area contributed by atoms with Crippen LogP contribution in [0.1, 0.15) is 30.2 Å². The van der Waals surface area contributed by atoms with Gasteiger partial charge in [-0.3, -0.25) is 0 Å². The van der Waals surface area contributed by atoms with Crippen molar-refractivity contribution in [3.05, 3.63) is 41.0 Å². The van der Waals surface area contributed by atoms with E-state index in [0.29, 0.717) is 11.5 Å². The highest BCUT2D eigenvalue weighted by Gasteiger charge is 2.17. The van der Waals surface area contributed by atoms with E-state index in [-0.39, 0.29) is 5.88 Å². The summed E-state index contributed by atoms with van der Waals surface area (Å²) in [5, 5.41) is 21.4. The average Bonchev–Trinajstić information content (AvgIpc) is 3.12. The van der Waals surface area contributed by atoms with Crippen LogP contribution in [0.15, 0.2) is 40.8 Å². The van der Waals surface area contributed by atoms with E-state index >= 15 is 0 Å². The maximum Gasteiger partial charge on any atom is 0.220 e. The van der Waals surface area contributed by atoms with Crippen LogP contribution >= 0.6 is 11.3 Å². The van der Waals surface area contributed by atoms with Gasteiger partial charge in [0.2, 0.25) is 5.88 Å². The number of unbranched alkanes of at least 4 members (excludes halogenated alkanes) is 1. The van der Waals surface area contributed by atoms with Crippen molar-refractivity contribution in [2.75, 3.05) is 0 Å². The van der Waals surface area contributed by atoms with Crippen LogP contribution in [0, 0.1) is 13.8 Å². The Bertz CT molecular complexity index is 1160. The SMILES string of the molecule is CCCCn1c(O)c(N=Nc2ncnc3sc(C)c(C)c23)c2ccccc21. The maximum absolute atomic E-state index is 10.8. The molecule has 3 aromatic heterocycles. The van der Waals surface area contributed by atoms with Crippen LogP contribution in [0.25, 0.3) is 21.1 Å². The minimum absolute atomic E-state index is 0.150. The monoisotopic (exact) mass is 379 g/mol. The van der Waals surface area contributed by atoms with Crippen molar-refractivity contribution < 1.29 is 5.11 Å². The van der Waals surface area contributed by atoms with Gasteiger partial charge in [0.15, 0.2) is 11.5 Å². The molecular weight excluding hydrogens is 358 g/mol. The number of azo groups is 1. The van der Waals surface area contributed by atoms with Gasteiger partial charge >= 0.3 is 0 Å². The van der Waals surface area contributed by atoms with Crippen molar-refractivity contribution in [1.82, 2.24) is 14.5 Å². The predicted octanol–water partition coefficient (Wildman–Crippen LogP) is 6.18. The number of rotatable bonds is 5. The third-order valence-corrected chi connectivity index (χ3v) is 5.96. The van der Waals surface area contributed by atoms with Crippen molar-refractivity contribution in [2.45, 2.75) is 40.2 Å². The molecule has 7 heteroatoms. The number of hydrogen-bond donors (Lipinski definition) is 1. The van der Waals surface area contributed by atoms with Gasteiger partial charge in [0, 0.05) is 16.8 Å². The molecule has 4 rings (SSSR count). The lowest BCUT2D eigenvalue weighted by Gasteiger charge is -2.05. The van der Waals surface area contributed by atoms with Gasteiger partial charge in [-0.25, -0.2) is 9.97 Å². The van der Waals surface area contributed by atoms with Crippen molar-refractivity contribution >= 4 is 44.0 Å². The standard InChI is InChI=1S/C20H21N5OS/c1-4-5-10-25-15-9-7-6-8-14(15)17(20(25)26)23-24-18-16-12(2)13(3)27-19(16)22-11-21-18/h6-9,11,26H,4-5,10H2,1-3H3. The number of hydrogen-bond acceptors (Lipinski definition) is 6. The molecule has 0 saturated carbocycles. The Morgan fingerprint density at radius 1 is 1.15 bits per heavy atom. The molecule has 0 spiro atoms. The largest absolute Gasteiger partial charge is 0.493 e. The summed E-state index contributed by atoms with van der Waals surface area (Å²) in [7, 11) is 0. The van der Waals surface area contributed by atoms with Crippen LogP contribution in [0.4, 0.5) is 11.5 Å². The van der Waals surface area contributed by atoms with Gasteiger partial charge in [0.1, 0.15) is 11.2 Å². The third kappa shape index (κ3) is 2.98. The van der Waals surface area contributed by atoms with E-state index in [1.165, 1.54) is 11.2 Å². The Hall–Kier alpha value is -2.80. The first-order valence-corrected chi connectivity index (χ1v) is 9.86. The number of thiophene rings is 1. The molecule has 0 aliphatic heterocycles. The van der Waals surface area contributed by atoms with Crippen molar-refractivity contribution in [3.63, 3.8) is 0 Å². The third-order valence-electron chi connectivity index (χ3n) is 4.84. The van der Waals surface area contributed by atoms with E-state index in [1.54, 1.807) is 11.3 Å². The molecule has 0 amide bonds. The fourth-order valence-electron chi connectivity index (χ4n) is 3.25. The molecule has 0 saturated heterocycles.